The normalized spacial score (nSPS) is 15.6. The Morgan fingerprint density at radius 3 is 2.53 bits per heavy atom. The summed E-state index contributed by atoms with van der Waals surface area (Å²) < 4.78 is 0. The van der Waals surface area contributed by atoms with Gasteiger partial charge in [0.05, 0.1) is 6.54 Å². The van der Waals surface area contributed by atoms with Crippen LogP contribution < -0.4 is 17.0 Å². The van der Waals surface area contributed by atoms with Gasteiger partial charge in [0.15, 0.2) is 5.70 Å². The molecule has 1 aromatic rings. The summed E-state index contributed by atoms with van der Waals surface area (Å²) in [6.45, 7) is 0.563. The molecule has 0 atom stereocenters. The molecule has 1 amide bonds. The van der Waals surface area contributed by atoms with Crippen LogP contribution in [0, 0.1) is 0 Å². The molecule has 17 heavy (non-hydrogen) atoms. The molecule has 0 spiro atoms. The van der Waals surface area contributed by atoms with Crippen LogP contribution in [0.1, 0.15) is 5.56 Å². The second-order valence-electron chi connectivity index (χ2n) is 3.83. The smallest absolute Gasteiger partial charge is 0.270 e. The lowest BCUT2D eigenvalue weighted by atomic mass is 10.2. The van der Waals surface area contributed by atoms with Crippen LogP contribution in [0.3, 0.4) is 0 Å². The van der Waals surface area contributed by atoms with Gasteiger partial charge in [0.25, 0.3) is 5.91 Å². The van der Waals surface area contributed by atoms with Crippen LogP contribution in [0.5, 0.6) is 0 Å². The Kier molecular flexibility index (Phi) is 2.88. The first-order valence-electron chi connectivity index (χ1n) is 5.20. The number of amides is 1. The van der Waals surface area contributed by atoms with E-state index in [1.807, 2.05) is 30.3 Å². The second-order valence-corrected chi connectivity index (χ2v) is 3.83. The molecular weight excluding hydrogens is 218 g/mol. The van der Waals surface area contributed by atoms with E-state index in [1.165, 1.54) is 5.01 Å². The van der Waals surface area contributed by atoms with E-state index in [9.17, 15) is 4.79 Å². The van der Waals surface area contributed by atoms with Gasteiger partial charge in [-0.3, -0.25) is 14.8 Å². The summed E-state index contributed by atoms with van der Waals surface area (Å²) in [4.78, 5) is 11.2. The third-order valence-electron chi connectivity index (χ3n) is 2.56. The zero-order valence-electron chi connectivity index (χ0n) is 9.55. The molecule has 1 heterocycles. The van der Waals surface area contributed by atoms with Crippen LogP contribution in [0.15, 0.2) is 41.8 Å². The van der Waals surface area contributed by atoms with Gasteiger partial charge in [0, 0.05) is 7.05 Å². The van der Waals surface area contributed by atoms with Crippen molar-refractivity contribution in [2.75, 3.05) is 7.05 Å². The van der Waals surface area contributed by atoms with Crippen molar-refractivity contribution >= 4 is 5.91 Å². The van der Waals surface area contributed by atoms with Crippen molar-refractivity contribution in [1.82, 2.24) is 15.6 Å². The molecule has 6 nitrogen and oxygen atoms in total. The van der Waals surface area contributed by atoms with Gasteiger partial charge in [-0.2, -0.15) is 0 Å². The quantitative estimate of drug-likeness (QED) is 0.653. The van der Waals surface area contributed by atoms with E-state index in [0.717, 1.165) is 5.56 Å². The first-order chi connectivity index (χ1) is 8.09. The highest BCUT2D eigenvalue weighted by Crippen LogP contribution is 2.16. The zero-order chi connectivity index (χ0) is 12.4. The number of carbonyl (C=O) groups is 1. The molecule has 1 aliphatic heterocycles. The summed E-state index contributed by atoms with van der Waals surface area (Å²) in [5.74, 6) is -0.211. The Hall–Kier alpha value is -2.21. The number of primary amides is 1. The Morgan fingerprint density at radius 1 is 1.35 bits per heavy atom. The lowest BCUT2D eigenvalue weighted by Gasteiger charge is -2.21. The van der Waals surface area contributed by atoms with Crippen molar-refractivity contribution in [3.8, 4) is 0 Å². The van der Waals surface area contributed by atoms with E-state index in [4.69, 9.17) is 11.5 Å². The zero-order valence-corrected chi connectivity index (χ0v) is 9.55. The third kappa shape index (κ3) is 2.16. The van der Waals surface area contributed by atoms with Gasteiger partial charge in [0.1, 0.15) is 5.82 Å². The molecule has 90 valence electrons. The molecule has 0 fully saturated rings. The predicted molar refractivity (Wildman–Crippen MR) is 63.3 cm³/mol. The molecule has 6 heteroatoms. The summed E-state index contributed by atoms with van der Waals surface area (Å²) in [7, 11) is 1.69. The average molecular weight is 233 g/mol. The summed E-state index contributed by atoms with van der Waals surface area (Å²) in [6.07, 6.45) is 0. The molecule has 0 unspecified atom stereocenters. The maximum absolute atomic E-state index is 11.2. The fourth-order valence-electron chi connectivity index (χ4n) is 1.76. The maximum atomic E-state index is 11.2. The fraction of sp³-hybridized carbons (Fsp3) is 0.182. The summed E-state index contributed by atoms with van der Waals surface area (Å²) in [6, 6.07) is 9.81. The van der Waals surface area contributed by atoms with Gasteiger partial charge < -0.3 is 11.5 Å². The summed E-state index contributed by atoms with van der Waals surface area (Å²) >= 11 is 0. The topological polar surface area (TPSA) is 87.6 Å². The van der Waals surface area contributed by atoms with E-state index >= 15 is 0 Å². The van der Waals surface area contributed by atoms with Crippen molar-refractivity contribution in [2.24, 2.45) is 11.5 Å². The molecule has 0 bridgehead atoms. The number of benzene rings is 1. The second kappa shape index (κ2) is 4.34. The molecule has 1 aromatic carbocycles. The average Bonchev–Trinajstić information content (AvgIpc) is 2.55. The SMILES string of the molecule is CN1NN(Cc2ccccc2)C(N)=C1C(N)=O. The predicted octanol–water partition coefficient (Wildman–Crippen LogP) is -0.533. The highest BCUT2D eigenvalue weighted by atomic mass is 16.1. The van der Waals surface area contributed by atoms with Crippen molar-refractivity contribution in [1.29, 1.82) is 0 Å². The van der Waals surface area contributed by atoms with Gasteiger partial charge in [-0.05, 0) is 5.56 Å². The Labute approximate surface area is 99.4 Å². The van der Waals surface area contributed by atoms with Crippen LogP contribution in [0.4, 0.5) is 0 Å². The van der Waals surface area contributed by atoms with Crippen molar-refractivity contribution in [2.45, 2.75) is 6.54 Å². The highest BCUT2D eigenvalue weighted by molar-refractivity contribution is 5.92. The number of nitrogens with two attached hydrogens (primary N) is 2. The molecular formula is C11H15N5O. The van der Waals surface area contributed by atoms with Crippen molar-refractivity contribution in [3.05, 3.63) is 47.4 Å². The fourth-order valence-corrected chi connectivity index (χ4v) is 1.76. The van der Waals surface area contributed by atoms with Crippen LogP contribution in [0.2, 0.25) is 0 Å². The lowest BCUT2D eigenvalue weighted by Crippen LogP contribution is -2.40. The number of nitrogens with zero attached hydrogens (tertiary/aromatic N) is 2. The number of hydrazine groups is 2. The van der Waals surface area contributed by atoms with Gasteiger partial charge >= 0.3 is 0 Å². The van der Waals surface area contributed by atoms with Crippen molar-refractivity contribution in [3.63, 3.8) is 0 Å². The van der Waals surface area contributed by atoms with E-state index in [2.05, 4.69) is 5.53 Å². The first-order valence-corrected chi connectivity index (χ1v) is 5.20. The molecule has 0 saturated heterocycles. The minimum atomic E-state index is -0.548. The van der Waals surface area contributed by atoms with Crippen LogP contribution >= 0.6 is 0 Å². The Balaban J connectivity index is 2.18. The minimum absolute atomic E-state index is 0.279. The van der Waals surface area contributed by atoms with Crippen molar-refractivity contribution < 1.29 is 4.79 Å². The molecule has 0 radical (unpaired) electrons. The number of hydrogen-bond donors (Lipinski definition) is 3. The van der Waals surface area contributed by atoms with Crippen LogP contribution in [-0.4, -0.2) is 23.0 Å². The number of rotatable bonds is 3. The monoisotopic (exact) mass is 233 g/mol. The summed E-state index contributed by atoms with van der Waals surface area (Å²) in [5, 5.41) is 3.19. The molecule has 1 aliphatic rings. The van der Waals surface area contributed by atoms with E-state index < -0.39 is 5.91 Å². The Morgan fingerprint density at radius 2 is 2.00 bits per heavy atom. The largest absolute Gasteiger partial charge is 0.382 e. The molecule has 5 N–H and O–H groups in total. The van der Waals surface area contributed by atoms with Gasteiger partial charge in [0.2, 0.25) is 0 Å². The Bertz CT molecular complexity index is 456. The van der Waals surface area contributed by atoms with Gasteiger partial charge in [-0.15, -0.1) is 5.53 Å². The van der Waals surface area contributed by atoms with E-state index in [1.54, 1.807) is 12.1 Å². The highest BCUT2D eigenvalue weighted by Gasteiger charge is 2.27. The van der Waals surface area contributed by atoms with Gasteiger partial charge in [-0.25, -0.2) is 0 Å². The van der Waals surface area contributed by atoms with Crippen LogP contribution in [0.25, 0.3) is 0 Å². The molecule has 0 aliphatic carbocycles. The van der Waals surface area contributed by atoms with Gasteiger partial charge in [-0.1, -0.05) is 30.3 Å². The minimum Gasteiger partial charge on any atom is -0.382 e. The number of nitrogens with one attached hydrogen (secondary N) is 1. The number of hydrogen-bond acceptors (Lipinski definition) is 5. The van der Waals surface area contributed by atoms with Crippen LogP contribution in [-0.2, 0) is 11.3 Å². The van der Waals surface area contributed by atoms with E-state index in [0.29, 0.717) is 12.4 Å². The first kappa shape index (κ1) is 11.3. The maximum Gasteiger partial charge on any atom is 0.270 e. The summed E-state index contributed by atoms with van der Waals surface area (Å²) in [5.41, 5.74) is 15.4. The molecule has 0 aromatic heterocycles. The third-order valence-corrected chi connectivity index (χ3v) is 2.56. The van der Waals surface area contributed by atoms with E-state index in [-0.39, 0.29) is 5.70 Å². The lowest BCUT2D eigenvalue weighted by molar-refractivity contribution is -0.116. The number of likely N-dealkylation sites (N-methyl/N-ethyl adjacent to an activating group) is 1. The number of carbonyl (C=O) groups excluding carboxylic acids is 1. The standard InChI is InChI=1S/C11H15N5O/c1-15-9(11(13)17)10(12)16(14-15)7-8-5-3-2-4-6-8/h2-6,14H,7,12H2,1H3,(H2,13,17). The molecule has 2 rings (SSSR count). The molecule has 0 saturated carbocycles.